The van der Waals surface area contributed by atoms with Crippen molar-refractivity contribution in [3.05, 3.63) is 0 Å². The number of hydrogen-bond donors (Lipinski definition) is 0. The van der Waals surface area contributed by atoms with E-state index in [4.69, 9.17) is 16.3 Å². The van der Waals surface area contributed by atoms with Gasteiger partial charge in [0.15, 0.2) is 0 Å². The number of hydrogen-bond acceptors (Lipinski definition) is 3. The molecule has 7 atom stereocenters. The molecule has 3 nitrogen and oxygen atoms in total. The third-order valence-electron chi connectivity index (χ3n) is 8.59. The van der Waals surface area contributed by atoms with Gasteiger partial charge in [-0.1, -0.05) is 13.8 Å². The summed E-state index contributed by atoms with van der Waals surface area (Å²) < 4.78 is 5.30. The van der Waals surface area contributed by atoms with Crippen molar-refractivity contribution in [2.75, 3.05) is 0 Å². The first-order valence-electron chi connectivity index (χ1n) is 9.74. The summed E-state index contributed by atoms with van der Waals surface area (Å²) in [5.74, 6) is 3.24. The number of ketones is 1. The lowest BCUT2D eigenvalue weighted by Crippen LogP contribution is -2.54. The zero-order valence-corrected chi connectivity index (χ0v) is 15.6. The molecule has 4 aliphatic rings. The SMILES string of the molecule is C[C@]12CC[C@@H](OC(=O)Cl)C[C@@H]1CC[C@@H]1[C@@H]2CC[C@]2(C)C(=O)CC[C@@H]12. The Balaban J connectivity index is 1.54. The molecule has 0 aromatic carbocycles. The van der Waals surface area contributed by atoms with Gasteiger partial charge >= 0.3 is 5.43 Å². The second-order valence-electron chi connectivity index (χ2n) is 9.33. The summed E-state index contributed by atoms with van der Waals surface area (Å²) >= 11 is 5.43. The number of fused-ring (bicyclic) bond motifs is 5. The minimum absolute atomic E-state index is 0.00606. The number of carbonyl (C=O) groups excluding carboxylic acids is 2. The predicted molar refractivity (Wildman–Crippen MR) is 92.9 cm³/mol. The molecule has 134 valence electrons. The van der Waals surface area contributed by atoms with Crippen LogP contribution in [0.2, 0.25) is 0 Å². The first-order chi connectivity index (χ1) is 11.3. The molecule has 0 saturated heterocycles. The third kappa shape index (κ3) is 2.37. The molecule has 0 aromatic rings. The average Bonchev–Trinajstić information content (AvgIpc) is 2.83. The lowest BCUT2D eigenvalue weighted by Gasteiger charge is -2.60. The lowest BCUT2D eigenvalue weighted by atomic mass is 9.45. The Morgan fingerprint density at radius 1 is 1.08 bits per heavy atom. The smallest absolute Gasteiger partial charge is 0.404 e. The van der Waals surface area contributed by atoms with Crippen LogP contribution in [0.15, 0.2) is 0 Å². The van der Waals surface area contributed by atoms with Crippen LogP contribution in [0.1, 0.15) is 71.6 Å². The number of ether oxygens (including phenoxy) is 1. The predicted octanol–water partition coefficient (Wildman–Crippen LogP) is 5.34. The zero-order chi connectivity index (χ0) is 17.1. The van der Waals surface area contributed by atoms with Crippen LogP contribution in [0.5, 0.6) is 0 Å². The lowest BCUT2D eigenvalue weighted by molar-refractivity contribution is -0.142. The van der Waals surface area contributed by atoms with E-state index < -0.39 is 5.43 Å². The maximum Gasteiger partial charge on any atom is 0.404 e. The Hall–Kier alpha value is -0.570. The summed E-state index contributed by atoms with van der Waals surface area (Å²) in [6.07, 6.45) is 9.72. The molecule has 24 heavy (non-hydrogen) atoms. The molecule has 0 radical (unpaired) electrons. The molecule has 4 saturated carbocycles. The van der Waals surface area contributed by atoms with Gasteiger partial charge < -0.3 is 4.74 Å². The van der Waals surface area contributed by atoms with E-state index in [0.717, 1.165) is 50.4 Å². The molecule has 4 fully saturated rings. The van der Waals surface area contributed by atoms with E-state index in [0.29, 0.717) is 23.0 Å². The van der Waals surface area contributed by atoms with Crippen LogP contribution in [-0.2, 0) is 9.53 Å². The van der Waals surface area contributed by atoms with Gasteiger partial charge in [-0.25, -0.2) is 4.79 Å². The third-order valence-corrected chi connectivity index (χ3v) is 8.68. The van der Waals surface area contributed by atoms with Crippen LogP contribution in [0.4, 0.5) is 4.79 Å². The van der Waals surface area contributed by atoms with Crippen molar-refractivity contribution in [1.82, 2.24) is 0 Å². The van der Waals surface area contributed by atoms with Crippen LogP contribution in [0, 0.1) is 34.5 Å². The fraction of sp³-hybridized carbons (Fsp3) is 0.900. The van der Waals surface area contributed by atoms with E-state index in [1.165, 1.54) is 19.3 Å². The van der Waals surface area contributed by atoms with E-state index in [-0.39, 0.29) is 11.5 Å². The largest absolute Gasteiger partial charge is 0.450 e. The van der Waals surface area contributed by atoms with E-state index >= 15 is 0 Å². The molecule has 0 aromatic heterocycles. The molecule has 0 bridgehead atoms. The first kappa shape index (κ1) is 16.9. The van der Waals surface area contributed by atoms with Crippen molar-refractivity contribution in [3.8, 4) is 0 Å². The Morgan fingerprint density at radius 3 is 2.62 bits per heavy atom. The molecule has 0 amide bonds. The Bertz CT molecular complexity index is 561. The van der Waals surface area contributed by atoms with Gasteiger partial charge in [0.2, 0.25) is 0 Å². The number of Topliss-reactive ketones (excluding diaryl/α,β-unsaturated/α-hetero) is 1. The molecule has 0 N–H and O–H groups in total. The van der Waals surface area contributed by atoms with Gasteiger partial charge in [-0.15, -0.1) is 0 Å². The summed E-state index contributed by atoms with van der Waals surface area (Å²) in [6, 6.07) is 0. The van der Waals surface area contributed by atoms with Gasteiger partial charge in [0.25, 0.3) is 0 Å². The minimum atomic E-state index is -0.657. The average molecular weight is 353 g/mol. The second-order valence-corrected chi connectivity index (χ2v) is 9.64. The number of rotatable bonds is 1. The van der Waals surface area contributed by atoms with Crippen LogP contribution in [-0.4, -0.2) is 17.3 Å². The van der Waals surface area contributed by atoms with Crippen molar-refractivity contribution < 1.29 is 14.3 Å². The standard InChI is InChI=1S/C20H29ClO3/c1-19-9-7-13(24-18(21)23)11-12(19)3-4-14-15-5-6-17(22)20(15,2)10-8-16(14)19/h12-16H,3-11H2,1-2H3/t12-,13+,14-,15-,16-,19-,20-/m0/s1. The molecule has 0 heterocycles. The van der Waals surface area contributed by atoms with Crippen LogP contribution in [0.25, 0.3) is 0 Å². The Labute approximate surface area is 149 Å². The van der Waals surface area contributed by atoms with Gasteiger partial charge in [0.1, 0.15) is 11.9 Å². The zero-order valence-electron chi connectivity index (χ0n) is 14.9. The highest BCUT2D eigenvalue weighted by molar-refractivity contribution is 6.61. The fourth-order valence-electron chi connectivity index (χ4n) is 7.23. The molecule has 0 unspecified atom stereocenters. The quantitative estimate of drug-likeness (QED) is 0.598. The maximum absolute atomic E-state index is 12.5. The molecular formula is C20H29ClO3. The molecule has 4 rings (SSSR count). The topological polar surface area (TPSA) is 43.4 Å². The summed E-state index contributed by atoms with van der Waals surface area (Å²) in [6.45, 7) is 4.72. The maximum atomic E-state index is 12.5. The van der Waals surface area contributed by atoms with E-state index in [9.17, 15) is 9.59 Å². The van der Waals surface area contributed by atoms with Gasteiger partial charge in [-0.3, -0.25) is 4.79 Å². The summed E-state index contributed by atoms with van der Waals surface area (Å²) in [7, 11) is 0. The molecular weight excluding hydrogens is 324 g/mol. The van der Waals surface area contributed by atoms with Crippen molar-refractivity contribution >= 4 is 22.8 Å². The number of halogens is 1. The highest BCUT2D eigenvalue weighted by Gasteiger charge is 2.60. The van der Waals surface area contributed by atoms with Crippen molar-refractivity contribution in [2.24, 2.45) is 34.5 Å². The molecule has 0 spiro atoms. The van der Waals surface area contributed by atoms with Crippen LogP contribution < -0.4 is 0 Å². The van der Waals surface area contributed by atoms with Gasteiger partial charge in [0.05, 0.1) is 0 Å². The number of carbonyl (C=O) groups is 2. The minimum Gasteiger partial charge on any atom is -0.450 e. The highest BCUT2D eigenvalue weighted by atomic mass is 35.5. The Kier molecular flexibility index (Phi) is 4.02. The first-order valence-corrected chi connectivity index (χ1v) is 10.1. The van der Waals surface area contributed by atoms with E-state index in [1.807, 2.05) is 0 Å². The van der Waals surface area contributed by atoms with E-state index in [2.05, 4.69) is 13.8 Å². The van der Waals surface area contributed by atoms with Crippen molar-refractivity contribution in [1.29, 1.82) is 0 Å². The van der Waals surface area contributed by atoms with Crippen molar-refractivity contribution in [3.63, 3.8) is 0 Å². The monoisotopic (exact) mass is 352 g/mol. The van der Waals surface area contributed by atoms with Gasteiger partial charge in [0, 0.05) is 23.4 Å². The highest BCUT2D eigenvalue weighted by Crippen LogP contribution is 2.65. The molecule has 0 aliphatic heterocycles. The molecule has 4 aliphatic carbocycles. The molecule has 4 heteroatoms. The summed E-state index contributed by atoms with van der Waals surface area (Å²) in [5.41, 5.74) is -0.337. The fourth-order valence-corrected chi connectivity index (χ4v) is 7.35. The normalized spacial score (nSPS) is 50.6. The summed E-state index contributed by atoms with van der Waals surface area (Å²) in [5, 5.41) is 0. The van der Waals surface area contributed by atoms with Gasteiger partial charge in [-0.2, -0.15) is 0 Å². The van der Waals surface area contributed by atoms with E-state index in [1.54, 1.807) is 0 Å². The van der Waals surface area contributed by atoms with Crippen LogP contribution in [0.3, 0.4) is 0 Å². The second kappa shape index (κ2) is 5.72. The van der Waals surface area contributed by atoms with Gasteiger partial charge in [-0.05, 0) is 80.5 Å². The van der Waals surface area contributed by atoms with Crippen LogP contribution >= 0.6 is 11.6 Å². The summed E-state index contributed by atoms with van der Waals surface area (Å²) in [4.78, 5) is 23.5. The Morgan fingerprint density at radius 2 is 1.88 bits per heavy atom. The van der Waals surface area contributed by atoms with Crippen molar-refractivity contribution in [2.45, 2.75) is 77.7 Å².